The largest absolute Gasteiger partial charge is 0.480 e. The molecule has 0 saturated heterocycles. The molecular weight excluding hydrogens is 443 g/mol. The van der Waals surface area contributed by atoms with E-state index in [1.807, 2.05) is 29.8 Å². The van der Waals surface area contributed by atoms with Crippen LogP contribution in [0.3, 0.4) is 0 Å². The minimum Gasteiger partial charge on any atom is -0.480 e. The van der Waals surface area contributed by atoms with Crippen molar-refractivity contribution in [1.29, 1.82) is 0 Å². The third-order valence-corrected chi connectivity index (χ3v) is 6.08. The van der Waals surface area contributed by atoms with Gasteiger partial charge < -0.3 is 13.0 Å². The van der Waals surface area contributed by atoms with Crippen molar-refractivity contribution in [2.75, 3.05) is 7.11 Å². The lowest BCUT2D eigenvalue weighted by atomic mass is 9.67. The van der Waals surface area contributed by atoms with Gasteiger partial charge in [-0.2, -0.15) is 0 Å². The van der Waals surface area contributed by atoms with Crippen molar-refractivity contribution in [1.82, 2.24) is 3.11 Å². The molecule has 1 aromatic carbocycles. The number of rotatable bonds is 4. The number of nitrogens with zero attached hydrogens (tertiary/aromatic N) is 2. The number of non-ortho nitro benzene ring substituents is 1. The topological polar surface area (TPSA) is 110 Å². The lowest BCUT2D eigenvalue weighted by Gasteiger charge is -2.42. The highest BCUT2D eigenvalue weighted by molar-refractivity contribution is 14.1. The van der Waals surface area contributed by atoms with Crippen molar-refractivity contribution < 1.29 is 24.4 Å². The minimum absolute atomic E-state index is 0.0181. The van der Waals surface area contributed by atoms with Crippen molar-refractivity contribution in [2.45, 2.75) is 31.7 Å². The number of ether oxygens (including phenoxy) is 1. The fourth-order valence-electron chi connectivity index (χ4n) is 3.26. The van der Waals surface area contributed by atoms with Crippen LogP contribution in [0.15, 0.2) is 35.5 Å². The second-order valence-electron chi connectivity index (χ2n) is 5.83. The Bertz CT molecular complexity index is 778. The molecule has 1 aliphatic rings. The number of carbonyl (C=O) groups is 2. The third-order valence-electron chi connectivity index (χ3n) is 4.40. The molecular formula is C16H17IN2O6. The van der Waals surface area contributed by atoms with Gasteiger partial charge in [0.2, 0.25) is 0 Å². The first kappa shape index (κ1) is 19.2. The maximum Gasteiger partial charge on any atom is 0.337 e. The highest BCUT2D eigenvalue weighted by Gasteiger charge is 2.53. The predicted octanol–water partition coefficient (Wildman–Crippen LogP) is 2.81. The zero-order valence-electron chi connectivity index (χ0n) is 13.9. The molecule has 1 heterocycles. The van der Waals surface area contributed by atoms with Gasteiger partial charge in [-0.15, -0.1) is 0 Å². The van der Waals surface area contributed by atoms with E-state index in [9.17, 15) is 24.8 Å². The molecule has 0 fully saturated rings. The van der Waals surface area contributed by atoms with Gasteiger partial charge in [0.05, 0.1) is 40.5 Å². The number of carboxylic acid groups (broad SMARTS) is 1. The number of carbonyl (C=O) groups excluding carboxylic acids is 1. The standard InChI is InChI=1S/C16H17IN2O6/c1-9-8-16(15(21)22,11-5-4-6-12(7-11)19(23)24)13(14(20)25-3)10(2)18(9)17/h4-7,9H,8H2,1-3H3,(H,21,22). The molecule has 25 heavy (non-hydrogen) atoms. The monoisotopic (exact) mass is 460 g/mol. The van der Waals surface area contributed by atoms with Crippen molar-refractivity contribution in [3.63, 3.8) is 0 Å². The zero-order valence-corrected chi connectivity index (χ0v) is 16.0. The zero-order chi connectivity index (χ0) is 18.9. The third kappa shape index (κ3) is 3.08. The van der Waals surface area contributed by atoms with Crippen LogP contribution in [-0.4, -0.2) is 38.2 Å². The molecule has 0 radical (unpaired) electrons. The Kier molecular flexibility index (Phi) is 5.35. The Balaban J connectivity index is 2.84. The van der Waals surface area contributed by atoms with Crippen molar-refractivity contribution in [2.24, 2.45) is 0 Å². The van der Waals surface area contributed by atoms with Crippen LogP contribution in [0.5, 0.6) is 0 Å². The number of hydrogen-bond donors (Lipinski definition) is 1. The number of esters is 1. The van der Waals surface area contributed by atoms with E-state index < -0.39 is 22.3 Å². The molecule has 2 atom stereocenters. The van der Waals surface area contributed by atoms with Gasteiger partial charge in [-0.25, -0.2) is 4.79 Å². The highest BCUT2D eigenvalue weighted by Crippen LogP contribution is 2.46. The van der Waals surface area contributed by atoms with E-state index in [4.69, 9.17) is 4.74 Å². The number of nitro benzene ring substituents is 1. The van der Waals surface area contributed by atoms with E-state index >= 15 is 0 Å². The number of nitro groups is 1. The summed E-state index contributed by atoms with van der Waals surface area (Å²) in [6.45, 7) is 3.47. The second kappa shape index (κ2) is 6.98. The van der Waals surface area contributed by atoms with E-state index in [1.165, 1.54) is 31.4 Å². The molecule has 2 unspecified atom stereocenters. The van der Waals surface area contributed by atoms with Crippen LogP contribution < -0.4 is 0 Å². The van der Waals surface area contributed by atoms with Crippen LogP contribution in [-0.2, 0) is 19.7 Å². The fraction of sp³-hybridized carbons (Fsp3) is 0.375. The number of allylic oxidation sites excluding steroid dienone is 1. The molecule has 0 aliphatic carbocycles. The molecule has 0 saturated carbocycles. The van der Waals surface area contributed by atoms with Gasteiger partial charge in [-0.05, 0) is 25.8 Å². The highest BCUT2D eigenvalue weighted by atomic mass is 127. The van der Waals surface area contributed by atoms with Crippen molar-refractivity contribution in [3.8, 4) is 0 Å². The number of aliphatic carboxylic acids is 1. The van der Waals surface area contributed by atoms with E-state index in [-0.39, 0.29) is 29.3 Å². The summed E-state index contributed by atoms with van der Waals surface area (Å²) in [5.74, 6) is -2.01. The maximum absolute atomic E-state index is 12.4. The van der Waals surface area contributed by atoms with E-state index in [0.29, 0.717) is 5.70 Å². The Hall–Kier alpha value is -2.17. The van der Waals surface area contributed by atoms with Crippen LogP contribution >= 0.6 is 22.9 Å². The SMILES string of the molecule is COC(=O)C1=C(C)N(I)C(C)CC1(C(=O)O)c1cccc([N+](=O)[O-])c1. The Morgan fingerprint density at radius 3 is 2.64 bits per heavy atom. The molecule has 0 amide bonds. The number of hydrogen-bond acceptors (Lipinski definition) is 6. The first-order chi connectivity index (χ1) is 11.7. The van der Waals surface area contributed by atoms with Gasteiger partial charge in [0.1, 0.15) is 5.41 Å². The molecule has 0 bridgehead atoms. The molecule has 1 aliphatic heterocycles. The van der Waals surface area contributed by atoms with Crippen molar-refractivity contribution >= 4 is 40.5 Å². The Morgan fingerprint density at radius 2 is 2.12 bits per heavy atom. The summed E-state index contributed by atoms with van der Waals surface area (Å²) < 4.78 is 6.60. The average molecular weight is 460 g/mol. The van der Waals surface area contributed by atoms with Gasteiger partial charge in [-0.3, -0.25) is 14.9 Å². The normalized spacial score (nSPS) is 23.4. The molecule has 134 valence electrons. The van der Waals surface area contributed by atoms with Crippen LogP contribution in [0.2, 0.25) is 0 Å². The van der Waals surface area contributed by atoms with Gasteiger partial charge in [-0.1, -0.05) is 12.1 Å². The molecule has 1 N–H and O–H groups in total. The molecule has 1 aromatic rings. The first-order valence-electron chi connectivity index (χ1n) is 7.39. The van der Waals surface area contributed by atoms with Crippen LogP contribution in [0.25, 0.3) is 0 Å². The van der Waals surface area contributed by atoms with Crippen molar-refractivity contribution in [3.05, 3.63) is 51.2 Å². The molecule has 9 heteroatoms. The smallest absolute Gasteiger partial charge is 0.337 e. The Labute approximate surface area is 158 Å². The van der Waals surface area contributed by atoms with Gasteiger partial charge in [0, 0.05) is 23.9 Å². The average Bonchev–Trinajstić information content (AvgIpc) is 2.58. The lowest BCUT2D eigenvalue weighted by Crippen LogP contribution is -2.50. The molecule has 8 nitrogen and oxygen atoms in total. The summed E-state index contributed by atoms with van der Waals surface area (Å²) in [6.07, 6.45) is 0.0776. The lowest BCUT2D eigenvalue weighted by molar-refractivity contribution is -0.384. The van der Waals surface area contributed by atoms with Crippen LogP contribution in [0.1, 0.15) is 25.8 Å². The maximum atomic E-state index is 12.4. The number of carboxylic acids is 1. The van der Waals surface area contributed by atoms with Gasteiger partial charge >= 0.3 is 11.9 Å². The molecule has 2 rings (SSSR count). The van der Waals surface area contributed by atoms with Crippen LogP contribution in [0.4, 0.5) is 5.69 Å². The number of halogens is 1. The molecule has 0 spiro atoms. The number of benzene rings is 1. The summed E-state index contributed by atoms with van der Waals surface area (Å²) in [7, 11) is 1.18. The minimum atomic E-state index is -1.72. The fourth-order valence-corrected chi connectivity index (χ4v) is 3.70. The summed E-state index contributed by atoms with van der Waals surface area (Å²) in [4.78, 5) is 35.3. The first-order valence-corrected chi connectivity index (χ1v) is 8.36. The van der Waals surface area contributed by atoms with Gasteiger partial charge in [0.15, 0.2) is 0 Å². The number of methoxy groups -OCH3 is 1. The second-order valence-corrected chi connectivity index (χ2v) is 6.87. The summed E-state index contributed by atoms with van der Waals surface area (Å²) in [6, 6.07) is 5.20. The quantitative estimate of drug-likeness (QED) is 0.242. The predicted molar refractivity (Wildman–Crippen MR) is 97.1 cm³/mol. The summed E-state index contributed by atoms with van der Waals surface area (Å²) in [5.41, 5.74) is -1.32. The van der Waals surface area contributed by atoms with Gasteiger partial charge in [0.25, 0.3) is 5.69 Å². The van der Waals surface area contributed by atoms with E-state index in [1.54, 1.807) is 10.0 Å². The summed E-state index contributed by atoms with van der Waals surface area (Å²) in [5, 5.41) is 21.2. The molecule has 0 aromatic heterocycles. The summed E-state index contributed by atoms with van der Waals surface area (Å²) >= 11 is 2.02. The van der Waals surface area contributed by atoms with E-state index in [0.717, 1.165) is 0 Å². The Morgan fingerprint density at radius 1 is 1.48 bits per heavy atom. The van der Waals surface area contributed by atoms with Crippen LogP contribution in [0, 0.1) is 10.1 Å². The van der Waals surface area contributed by atoms with E-state index in [2.05, 4.69) is 0 Å².